The minimum atomic E-state index is -4.41. The van der Waals surface area contributed by atoms with Gasteiger partial charge in [0, 0.05) is 38.3 Å². The number of carbonyl (C=O) groups excluding carboxylic acids is 1. The van der Waals surface area contributed by atoms with Gasteiger partial charge in [0.05, 0.1) is 5.56 Å². The molecular weight excluding hydrogens is 319 g/mol. The summed E-state index contributed by atoms with van der Waals surface area (Å²) in [5.74, 6) is 0.339. The molecule has 24 heavy (non-hydrogen) atoms. The molecule has 2 aliphatic rings. The van der Waals surface area contributed by atoms with Crippen molar-refractivity contribution >= 4 is 11.7 Å². The Kier molecular flexibility index (Phi) is 4.69. The fourth-order valence-corrected chi connectivity index (χ4v) is 3.46. The molecule has 0 radical (unpaired) electrons. The second-order valence-corrected chi connectivity index (χ2v) is 6.67. The summed E-state index contributed by atoms with van der Waals surface area (Å²) in [6.07, 6.45) is 1.37. The Morgan fingerprint density at radius 1 is 1.25 bits per heavy atom. The van der Waals surface area contributed by atoms with Crippen molar-refractivity contribution in [3.63, 3.8) is 0 Å². The Morgan fingerprint density at radius 2 is 1.92 bits per heavy atom. The van der Waals surface area contributed by atoms with Crippen molar-refractivity contribution in [3.8, 4) is 0 Å². The third-order valence-corrected chi connectivity index (χ3v) is 5.21. The molecule has 0 unspecified atom stereocenters. The largest absolute Gasteiger partial charge is 0.419 e. The summed E-state index contributed by atoms with van der Waals surface area (Å²) in [6, 6.07) is 2.48. The fraction of sp³-hybridized carbons (Fsp3) is 0.647. The van der Waals surface area contributed by atoms with Crippen molar-refractivity contribution in [1.29, 1.82) is 0 Å². The number of alkyl halides is 3. The maximum atomic E-state index is 13.1. The van der Waals surface area contributed by atoms with E-state index in [1.807, 2.05) is 11.9 Å². The molecule has 4 nitrogen and oxygen atoms in total. The number of pyridine rings is 1. The highest BCUT2D eigenvalue weighted by Crippen LogP contribution is 2.36. The highest BCUT2D eigenvalue weighted by Gasteiger charge is 2.37. The zero-order chi connectivity index (χ0) is 17.3. The van der Waals surface area contributed by atoms with Crippen LogP contribution in [0.25, 0.3) is 0 Å². The van der Waals surface area contributed by atoms with Crippen molar-refractivity contribution in [2.24, 2.45) is 5.92 Å². The van der Waals surface area contributed by atoms with Crippen LogP contribution in [-0.2, 0) is 11.0 Å². The SMILES string of the molecule is CN(C(=O)C1CCC1)C1CCN(c2ncccc2C(F)(F)F)CC1. The Bertz CT molecular complexity index is 593. The Labute approximate surface area is 139 Å². The number of aromatic nitrogens is 1. The topological polar surface area (TPSA) is 36.4 Å². The number of piperidine rings is 1. The molecular formula is C17H22F3N3O. The van der Waals surface area contributed by atoms with Gasteiger partial charge in [0.25, 0.3) is 0 Å². The van der Waals surface area contributed by atoms with Gasteiger partial charge in [-0.2, -0.15) is 13.2 Å². The molecule has 0 bridgehead atoms. The first-order chi connectivity index (χ1) is 11.4. The summed E-state index contributed by atoms with van der Waals surface area (Å²) in [5.41, 5.74) is -0.692. The lowest BCUT2D eigenvalue weighted by molar-refractivity contribution is -0.139. The highest BCUT2D eigenvalue weighted by molar-refractivity contribution is 5.79. The van der Waals surface area contributed by atoms with E-state index in [1.54, 1.807) is 4.90 Å². The van der Waals surface area contributed by atoms with E-state index < -0.39 is 11.7 Å². The molecule has 0 spiro atoms. The number of carbonyl (C=O) groups is 1. The van der Waals surface area contributed by atoms with Crippen molar-refractivity contribution in [2.45, 2.75) is 44.3 Å². The van der Waals surface area contributed by atoms with Crippen LogP contribution >= 0.6 is 0 Å². The molecule has 0 atom stereocenters. The van der Waals surface area contributed by atoms with Crippen molar-refractivity contribution in [3.05, 3.63) is 23.9 Å². The van der Waals surface area contributed by atoms with E-state index in [9.17, 15) is 18.0 Å². The van der Waals surface area contributed by atoms with E-state index in [0.29, 0.717) is 25.9 Å². The summed E-state index contributed by atoms with van der Waals surface area (Å²) in [4.78, 5) is 19.8. The van der Waals surface area contributed by atoms with Gasteiger partial charge in [0.15, 0.2) is 0 Å². The zero-order valence-electron chi connectivity index (χ0n) is 13.7. The number of hydrogen-bond donors (Lipinski definition) is 0. The Hall–Kier alpha value is -1.79. The first-order valence-corrected chi connectivity index (χ1v) is 8.41. The number of anilines is 1. The number of amides is 1. The van der Waals surface area contributed by atoms with Crippen LogP contribution in [0.4, 0.5) is 19.0 Å². The molecule has 1 aliphatic carbocycles. The predicted molar refractivity (Wildman–Crippen MR) is 84.6 cm³/mol. The lowest BCUT2D eigenvalue weighted by Gasteiger charge is -2.40. The lowest BCUT2D eigenvalue weighted by Crippen LogP contribution is -2.48. The van der Waals surface area contributed by atoms with E-state index in [2.05, 4.69) is 4.98 Å². The minimum absolute atomic E-state index is 0.00331. The molecule has 1 aromatic rings. The minimum Gasteiger partial charge on any atom is -0.356 e. The van der Waals surface area contributed by atoms with Crippen LogP contribution in [0, 0.1) is 5.92 Å². The monoisotopic (exact) mass is 341 g/mol. The zero-order valence-corrected chi connectivity index (χ0v) is 13.7. The maximum Gasteiger partial charge on any atom is 0.419 e. The van der Waals surface area contributed by atoms with Crippen LogP contribution in [0.1, 0.15) is 37.7 Å². The fourth-order valence-electron chi connectivity index (χ4n) is 3.46. The lowest BCUT2D eigenvalue weighted by atomic mass is 9.84. The first kappa shape index (κ1) is 17.0. The molecule has 2 fully saturated rings. The summed E-state index contributed by atoms with van der Waals surface area (Å²) in [6.45, 7) is 0.958. The average molecular weight is 341 g/mol. The van der Waals surface area contributed by atoms with Crippen molar-refractivity contribution in [2.75, 3.05) is 25.0 Å². The second kappa shape index (κ2) is 6.61. The average Bonchev–Trinajstić information content (AvgIpc) is 2.52. The molecule has 7 heteroatoms. The first-order valence-electron chi connectivity index (χ1n) is 8.41. The molecule has 1 amide bonds. The molecule has 0 aromatic carbocycles. The van der Waals surface area contributed by atoms with Gasteiger partial charge in [-0.15, -0.1) is 0 Å². The number of hydrogen-bond acceptors (Lipinski definition) is 3. The maximum absolute atomic E-state index is 13.1. The molecule has 132 valence electrons. The number of nitrogens with zero attached hydrogens (tertiary/aromatic N) is 3. The van der Waals surface area contributed by atoms with Gasteiger partial charge in [0.1, 0.15) is 5.82 Å². The quantitative estimate of drug-likeness (QED) is 0.846. The summed E-state index contributed by atoms with van der Waals surface area (Å²) >= 11 is 0. The molecule has 1 aliphatic heterocycles. The van der Waals surface area contributed by atoms with Gasteiger partial charge in [-0.3, -0.25) is 4.79 Å². The van der Waals surface area contributed by atoms with Gasteiger partial charge in [-0.1, -0.05) is 6.42 Å². The molecule has 1 saturated carbocycles. The summed E-state index contributed by atoms with van der Waals surface area (Å²) < 4.78 is 39.4. The van der Waals surface area contributed by atoms with Crippen molar-refractivity contribution in [1.82, 2.24) is 9.88 Å². The standard InChI is InChI=1S/C17H22F3N3O/c1-22(16(24)12-4-2-5-12)13-7-10-23(11-8-13)15-14(17(18,19)20)6-3-9-21-15/h3,6,9,12-13H,2,4-5,7-8,10-11H2,1H3. The van der Waals surface area contributed by atoms with Gasteiger partial charge in [0.2, 0.25) is 5.91 Å². The summed E-state index contributed by atoms with van der Waals surface area (Å²) in [7, 11) is 1.82. The van der Waals surface area contributed by atoms with E-state index in [0.717, 1.165) is 25.3 Å². The third kappa shape index (κ3) is 3.35. The number of halogens is 3. The van der Waals surface area contributed by atoms with E-state index in [-0.39, 0.29) is 23.7 Å². The normalized spacial score (nSPS) is 19.9. The van der Waals surface area contributed by atoms with Crippen LogP contribution < -0.4 is 4.90 Å². The molecule has 0 N–H and O–H groups in total. The molecule has 3 rings (SSSR count). The highest BCUT2D eigenvalue weighted by atomic mass is 19.4. The van der Waals surface area contributed by atoms with E-state index in [1.165, 1.54) is 12.3 Å². The smallest absolute Gasteiger partial charge is 0.356 e. The number of rotatable bonds is 3. The third-order valence-electron chi connectivity index (χ3n) is 5.21. The molecule has 2 heterocycles. The Morgan fingerprint density at radius 3 is 2.46 bits per heavy atom. The predicted octanol–water partition coefficient (Wildman–Crippen LogP) is 3.33. The van der Waals surface area contributed by atoms with E-state index in [4.69, 9.17) is 0 Å². The van der Waals surface area contributed by atoms with Crippen LogP contribution in [0.3, 0.4) is 0 Å². The van der Waals surface area contributed by atoms with Gasteiger partial charge >= 0.3 is 6.18 Å². The van der Waals surface area contributed by atoms with Gasteiger partial charge in [-0.25, -0.2) is 4.98 Å². The second-order valence-electron chi connectivity index (χ2n) is 6.67. The summed E-state index contributed by atoms with van der Waals surface area (Å²) in [5, 5.41) is 0. The van der Waals surface area contributed by atoms with Crippen molar-refractivity contribution < 1.29 is 18.0 Å². The van der Waals surface area contributed by atoms with Crippen LogP contribution in [0.5, 0.6) is 0 Å². The molecule has 1 saturated heterocycles. The van der Waals surface area contributed by atoms with Crippen LogP contribution in [-0.4, -0.2) is 42.0 Å². The molecule has 1 aromatic heterocycles. The van der Waals surface area contributed by atoms with Gasteiger partial charge < -0.3 is 9.80 Å². The Balaban J connectivity index is 1.64. The van der Waals surface area contributed by atoms with Crippen LogP contribution in [0.15, 0.2) is 18.3 Å². The van der Waals surface area contributed by atoms with Gasteiger partial charge in [-0.05, 0) is 37.8 Å². The van der Waals surface area contributed by atoms with Crippen LogP contribution in [0.2, 0.25) is 0 Å². The van der Waals surface area contributed by atoms with E-state index >= 15 is 0 Å².